The molecule has 13 heteroatoms. The molecule has 0 saturated heterocycles. The van der Waals surface area contributed by atoms with Gasteiger partial charge in [0.1, 0.15) is 5.82 Å². The van der Waals surface area contributed by atoms with Gasteiger partial charge in [0.25, 0.3) is 5.56 Å². The zero-order valence-electron chi connectivity index (χ0n) is 65.5. The van der Waals surface area contributed by atoms with Crippen molar-refractivity contribution in [1.82, 2.24) is 59.4 Å². The van der Waals surface area contributed by atoms with Gasteiger partial charge in [-0.1, -0.05) is 221 Å². The second-order valence-electron chi connectivity index (χ2n) is 29.6. The first kappa shape index (κ1) is 92.0. The molecule has 0 aliphatic carbocycles. The summed E-state index contributed by atoms with van der Waals surface area (Å²) in [6, 6.07) is 16.9. The Kier molecular flexibility index (Phi) is 44.7. The number of pyridine rings is 4. The minimum Gasteiger partial charge on any atom is -0.294 e. The Morgan fingerprint density at radius 2 is 0.691 bits per heavy atom. The Bertz CT molecular complexity index is 2830. The van der Waals surface area contributed by atoms with E-state index in [1.807, 2.05) is 89.4 Å². The number of H-pyrrole nitrogens is 1. The quantitative estimate of drug-likeness (QED) is 0.0987. The lowest BCUT2D eigenvalue weighted by Crippen LogP contribution is -2.26. The van der Waals surface area contributed by atoms with Gasteiger partial charge in [-0.25, -0.2) is 4.98 Å². The molecule has 0 aromatic carbocycles. The van der Waals surface area contributed by atoms with Gasteiger partial charge in [-0.3, -0.25) is 49.0 Å². The van der Waals surface area contributed by atoms with Gasteiger partial charge in [-0.2, -0.15) is 10.2 Å². The SMILES string of the molecule is C.C.CC(C)c1cccnc1C(C)C.CC(C)c1cccnc1C(C)C.CC(C)c1ccncc1C(C)C.CC(C)c1ccncc1C(C)C.CC(C)c1ccnn1C(C)C.CC(C)c1cn[nH]c1C(C)C.CC(C)c1nccc(=O)n1C(C)C.CC(C)c1nccnc1C(C)C. The van der Waals surface area contributed by atoms with Crippen LogP contribution >= 0.6 is 0 Å². The van der Waals surface area contributed by atoms with Crippen LogP contribution in [0, 0.1) is 0 Å². The van der Waals surface area contributed by atoms with Crippen molar-refractivity contribution in [2.45, 2.75) is 331 Å². The van der Waals surface area contributed by atoms with Gasteiger partial charge >= 0.3 is 0 Å². The summed E-state index contributed by atoms with van der Waals surface area (Å²) in [6.07, 6.45) is 20.4. The molecule has 0 bridgehead atoms. The summed E-state index contributed by atoms with van der Waals surface area (Å²) in [5, 5.41) is 11.3. The van der Waals surface area contributed by atoms with Crippen LogP contribution in [0.1, 0.15) is 410 Å². The molecule has 13 nitrogen and oxygen atoms in total. The van der Waals surface area contributed by atoms with Crippen LogP contribution in [0.2, 0.25) is 0 Å². The van der Waals surface area contributed by atoms with Crippen LogP contribution in [0.5, 0.6) is 0 Å². The van der Waals surface area contributed by atoms with Crippen molar-refractivity contribution in [2.24, 2.45) is 0 Å². The molecule has 0 aliphatic rings. The minimum atomic E-state index is 0. The monoisotopic (exact) mass is 1330 g/mol. The fourth-order valence-electron chi connectivity index (χ4n) is 10.7. The maximum Gasteiger partial charge on any atom is 0.253 e. The molecule has 8 aromatic rings. The largest absolute Gasteiger partial charge is 0.294 e. The summed E-state index contributed by atoms with van der Waals surface area (Å²) in [4.78, 5) is 41.5. The molecule has 0 radical (unpaired) electrons. The average Bonchev–Trinajstić information content (AvgIpc) is 1.89. The molecule has 0 spiro atoms. The maximum absolute atomic E-state index is 11.5. The van der Waals surface area contributed by atoms with Crippen molar-refractivity contribution in [2.75, 3.05) is 0 Å². The zero-order valence-corrected chi connectivity index (χ0v) is 65.5. The number of nitrogens with zero attached hydrogens (tertiary/aromatic N) is 11. The summed E-state index contributed by atoms with van der Waals surface area (Å²) < 4.78 is 3.81. The normalized spacial score (nSPS) is 11.0. The summed E-state index contributed by atoms with van der Waals surface area (Å²) in [7, 11) is 0. The van der Waals surface area contributed by atoms with Crippen LogP contribution < -0.4 is 5.56 Å². The van der Waals surface area contributed by atoms with E-state index in [0.29, 0.717) is 83.0 Å². The van der Waals surface area contributed by atoms with Crippen molar-refractivity contribution in [3.63, 3.8) is 0 Å². The van der Waals surface area contributed by atoms with Gasteiger partial charge < -0.3 is 0 Å². The molecular weight excluding hydrogens is 1190 g/mol. The number of aromatic nitrogens is 12. The molecule has 0 unspecified atom stereocenters. The second-order valence-corrected chi connectivity index (χ2v) is 29.6. The highest BCUT2D eigenvalue weighted by atomic mass is 16.1. The fourth-order valence-corrected chi connectivity index (χ4v) is 10.7. The molecule has 0 saturated carbocycles. The van der Waals surface area contributed by atoms with Crippen LogP contribution in [0.3, 0.4) is 0 Å². The molecule has 1 N–H and O–H groups in total. The van der Waals surface area contributed by atoms with Gasteiger partial charge in [-0.05, 0) is 174 Å². The predicted octanol–water partition coefficient (Wildman–Crippen LogP) is 24.5. The molecular formula is C84H140N12O. The van der Waals surface area contributed by atoms with Gasteiger partial charge in [0.15, 0.2) is 0 Å². The molecule has 8 heterocycles. The van der Waals surface area contributed by atoms with E-state index in [9.17, 15) is 4.79 Å². The first-order chi connectivity index (χ1) is 44.4. The number of nitrogens with one attached hydrogen (secondary N) is 1. The van der Waals surface area contributed by atoms with Gasteiger partial charge in [0.05, 0.1) is 17.6 Å². The third-order valence-corrected chi connectivity index (χ3v) is 15.8. The lowest BCUT2D eigenvalue weighted by atomic mass is 9.93. The highest BCUT2D eigenvalue weighted by Crippen LogP contribution is 2.29. The van der Waals surface area contributed by atoms with E-state index in [4.69, 9.17) is 0 Å². The molecule has 542 valence electrons. The second kappa shape index (κ2) is 47.1. The van der Waals surface area contributed by atoms with Crippen molar-refractivity contribution >= 4 is 0 Å². The smallest absolute Gasteiger partial charge is 0.253 e. The molecule has 0 fully saturated rings. The van der Waals surface area contributed by atoms with Crippen molar-refractivity contribution < 1.29 is 0 Å². The van der Waals surface area contributed by atoms with E-state index in [1.165, 1.54) is 67.8 Å². The van der Waals surface area contributed by atoms with Gasteiger partial charge in [0, 0.05) is 109 Å². The maximum atomic E-state index is 11.5. The summed E-state index contributed by atoms with van der Waals surface area (Å²) >= 11 is 0. The van der Waals surface area contributed by atoms with Crippen LogP contribution in [-0.2, 0) is 0 Å². The van der Waals surface area contributed by atoms with Gasteiger partial charge in [-0.15, -0.1) is 0 Å². The third-order valence-electron chi connectivity index (χ3n) is 15.8. The Balaban J connectivity index is 0. The molecule has 8 aromatic heterocycles. The molecule has 97 heavy (non-hydrogen) atoms. The van der Waals surface area contributed by atoms with Crippen LogP contribution in [0.4, 0.5) is 0 Å². The van der Waals surface area contributed by atoms with Crippen LogP contribution in [0.25, 0.3) is 0 Å². The standard InChI is InChI=1S/4C11H17N.C10H16N2O.C10H16N2.2C9H16N2.2CH4/c2*1-8(2)10-5-6-12-7-11(10)9(3)4;2*1-8(2)10-6-5-7-12-11(10)9(3)4;1-7(2)10-11-6-5-9(13)12(10)8(3)4;1-7(2)9-10(8(3)4)12-6-5-11-9;1-7(2)9-5-6-10-11(9)8(3)4;1-6(2)8-5-10-11-9(8)7(3)4;;/h4*5-9H,1-4H3;5-8H,1-4H3;5-8H,1-4H3;5-8H,1-4H3;5-7H,1-4H3,(H,10,11);2*1H4. The number of rotatable bonds is 16. The number of aromatic amines is 1. The summed E-state index contributed by atoms with van der Waals surface area (Å²) in [6.45, 7) is 69.4. The molecule has 0 amide bonds. The fraction of sp³-hybridized carbons (Fsp3) is 0.595. The van der Waals surface area contributed by atoms with E-state index in [-0.39, 0.29) is 32.4 Å². The molecule has 8 rings (SSSR count). The number of hydrogen-bond acceptors (Lipinski definition) is 10. The third kappa shape index (κ3) is 31.6. The zero-order chi connectivity index (χ0) is 72.6. The van der Waals surface area contributed by atoms with E-state index < -0.39 is 0 Å². The first-order valence-corrected chi connectivity index (χ1v) is 35.6. The highest BCUT2D eigenvalue weighted by Gasteiger charge is 2.16. The Labute approximate surface area is 593 Å². The summed E-state index contributed by atoms with van der Waals surface area (Å²) in [5.41, 5.74) is 17.1. The average molecular weight is 1330 g/mol. The lowest BCUT2D eigenvalue weighted by molar-refractivity contribution is 0.498. The summed E-state index contributed by atoms with van der Waals surface area (Å²) in [5.74, 6) is 8.37. The first-order valence-electron chi connectivity index (χ1n) is 35.6. The predicted molar refractivity (Wildman–Crippen MR) is 420 cm³/mol. The van der Waals surface area contributed by atoms with Crippen molar-refractivity contribution in [1.29, 1.82) is 0 Å². The van der Waals surface area contributed by atoms with E-state index in [2.05, 4.69) is 279 Å². The van der Waals surface area contributed by atoms with E-state index >= 15 is 0 Å². The Morgan fingerprint density at radius 3 is 0.959 bits per heavy atom. The highest BCUT2D eigenvalue weighted by molar-refractivity contribution is 5.31. The van der Waals surface area contributed by atoms with Crippen molar-refractivity contribution in [3.8, 4) is 0 Å². The van der Waals surface area contributed by atoms with Crippen molar-refractivity contribution in [3.05, 3.63) is 206 Å². The molecule has 0 aliphatic heterocycles. The lowest BCUT2D eigenvalue weighted by Gasteiger charge is -2.16. The Morgan fingerprint density at radius 1 is 0.309 bits per heavy atom. The van der Waals surface area contributed by atoms with Crippen LogP contribution in [-0.4, -0.2) is 59.4 Å². The Hall–Kier alpha value is -7.02. The van der Waals surface area contributed by atoms with E-state index in [0.717, 1.165) is 17.2 Å². The number of hydrogen-bond donors (Lipinski definition) is 1. The minimum absolute atomic E-state index is 0. The topological polar surface area (TPSA) is 159 Å². The van der Waals surface area contributed by atoms with Gasteiger partial charge in [0.2, 0.25) is 0 Å². The van der Waals surface area contributed by atoms with E-state index in [1.54, 1.807) is 23.2 Å². The molecule has 0 atom stereocenters. The van der Waals surface area contributed by atoms with Crippen LogP contribution in [0.15, 0.2) is 121 Å².